The highest BCUT2D eigenvalue weighted by molar-refractivity contribution is 5.98. The first-order valence-electron chi connectivity index (χ1n) is 7.96. The van der Waals surface area contributed by atoms with Crippen LogP contribution < -0.4 is 10.1 Å². The van der Waals surface area contributed by atoms with Crippen LogP contribution >= 0.6 is 0 Å². The van der Waals surface area contributed by atoms with Gasteiger partial charge >= 0.3 is 0 Å². The topological polar surface area (TPSA) is 74.3 Å². The van der Waals surface area contributed by atoms with Crippen molar-refractivity contribution in [1.82, 2.24) is 10.3 Å². The quantitative estimate of drug-likeness (QED) is 0.645. The van der Waals surface area contributed by atoms with Gasteiger partial charge in [-0.3, -0.25) is 4.79 Å². The molecule has 0 aliphatic heterocycles. The Balaban J connectivity index is 1.53. The Labute approximate surface area is 144 Å². The number of rotatable bonds is 6. The third-order valence-electron chi connectivity index (χ3n) is 3.79. The van der Waals surface area contributed by atoms with Crippen LogP contribution in [0.25, 0.3) is 10.9 Å². The Bertz CT molecular complexity index is 891. The second-order valence-electron chi connectivity index (χ2n) is 5.88. The molecular weight excluding hydrogens is 323 g/mol. The van der Waals surface area contributed by atoms with Gasteiger partial charge in [-0.15, -0.1) is 0 Å². The molecule has 0 saturated heterocycles. The molecule has 0 radical (unpaired) electrons. The van der Waals surface area contributed by atoms with Gasteiger partial charge in [0.25, 0.3) is 5.91 Å². The van der Waals surface area contributed by atoms with E-state index >= 15 is 0 Å². The monoisotopic (exact) mass is 342 g/mol. The van der Waals surface area contributed by atoms with Crippen molar-refractivity contribution in [2.24, 2.45) is 0 Å². The first kappa shape index (κ1) is 17.0. The lowest BCUT2D eigenvalue weighted by molar-refractivity contribution is 0.0840. The lowest BCUT2D eigenvalue weighted by Crippen LogP contribution is -2.35. The molecule has 0 spiro atoms. The molecule has 0 aliphatic carbocycles. The van der Waals surface area contributed by atoms with Crippen LogP contribution in [0.2, 0.25) is 0 Å². The van der Waals surface area contributed by atoms with E-state index in [2.05, 4.69) is 10.3 Å². The van der Waals surface area contributed by atoms with Crippen molar-refractivity contribution in [3.63, 3.8) is 0 Å². The molecule has 0 fully saturated rings. The summed E-state index contributed by atoms with van der Waals surface area (Å²) >= 11 is 0. The first-order valence-corrected chi connectivity index (χ1v) is 7.96. The summed E-state index contributed by atoms with van der Waals surface area (Å²) < 4.78 is 19.2. The van der Waals surface area contributed by atoms with E-state index in [0.717, 1.165) is 5.56 Å². The summed E-state index contributed by atoms with van der Waals surface area (Å²) in [6, 6.07) is 13.5. The van der Waals surface area contributed by atoms with E-state index in [1.165, 1.54) is 12.1 Å². The predicted octanol–water partition coefficient (Wildman–Crippen LogP) is 2.79. The van der Waals surface area contributed by atoms with E-state index in [1.807, 2.05) is 25.1 Å². The molecule has 1 heterocycles. The lowest BCUT2D eigenvalue weighted by atomic mass is 10.2. The van der Waals surface area contributed by atoms with Gasteiger partial charge < -0.3 is 20.1 Å². The lowest BCUT2D eigenvalue weighted by Gasteiger charge is -2.13. The molecule has 130 valence electrons. The predicted molar refractivity (Wildman–Crippen MR) is 93.3 cm³/mol. The van der Waals surface area contributed by atoms with Crippen molar-refractivity contribution in [1.29, 1.82) is 0 Å². The van der Waals surface area contributed by atoms with Crippen molar-refractivity contribution in [3.8, 4) is 5.75 Å². The van der Waals surface area contributed by atoms with Gasteiger partial charge in [-0.25, -0.2) is 4.39 Å². The summed E-state index contributed by atoms with van der Waals surface area (Å²) in [6.07, 6.45) is -0.856. The minimum Gasteiger partial charge on any atom is -0.491 e. The number of amides is 1. The molecule has 2 aromatic carbocycles. The number of benzene rings is 2. The largest absolute Gasteiger partial charge is 0.491 e. The highest BCUT2D eigenvalue weighted by atomic mass is 19.1. The van der Waals surface area contributed by atoms with Gasteiger partial charge in [-0.2, -0.15) is 0 Å². The van der Waals surface area contributed by atoms with Crippen LogP contribution in [0.15, 0.2) is 48.5 Å². The van der Waals surface area contributed by atoms with Gasteiger partial charge in [0.1, 0.15) is 30.0 Å². The van der Waals surface area contributed by atoms with E-state index in [1.54, 1.807) is 18.2 Å². The zero-order chi connectivity index (χ0) is 17.8. The number of aromatic amines is 1. The highest BCUT2D eigenvalue weighted by Crippen LogP contribution is 2.18. The number of carbonyl (C=O) groups excluding carboxylic acids is 1. The molecule has 1 unspecified atom stereocenters. The number of aromatic nitrogens is 1. The fourth-order valence-electron chi connectivity index (χ4n) is 2.50. The van der Waals surface area contributed by atoms with Gasteiger partial charge in [0.05, 0.1) is 0 Å². The fraction of sp³-hybridized carbons (Fsp3) is 0.211. The molecule has 0 aliphatic rings. The van der Waals surface area contributed by atoms with Crippen LogP contribution in [0, 0.1) is 12.7 Å². The number of halogens is 1. The molecule has 0 bridgehead atoms. The Morgan fingerprint density at radius 2 is 2.08 bits per heavy atom. The average Bonchev–Trinajstić information content (AvgIpc) is 3.04. The Hall–Kier alpha value is -2.86. The molecule has 1 aromatic heterocycles. The maximum atomic E-state index is 13.7. The van der Waals surface area contributed by atoms with E-state index in [4.69, 9.17) is 4.74 Å². The maximum Gasteiger partial charge on any atom is 0.267 e. The number of nitrogens with one attached hydrogen (secondary N) is 2. The number of H-pyrrole nitrogens is 1. The number of aliphatic hydroxyl groups excluding tert-OH is 1. The molecule has 25 heavy (non-hydrogen) atoms. The molecular formula is C19H19FN2O3. The van der Waals surface area contributed by atoms with E-state index in [9.17, 15) is 14.3 Å². The van der Waals surface area contributed by atoms with Crippen LogP contribution in [0.4, 0.5) is 4.39 Å². The van der Waals surface area contributed by atoms with Crippen LogP contribution in [0.3, 0.4) is 0 Å². The van der Waals surface area contributed by atoms with Crippen molar-refractivity contribution < 1.29 is 19.0 Å². The summed E-state index contributed by atoms with van der Waals surface area (Å²) in [5.41, 5.74) is 1.85. The standard InChI is InChI=1S/C19H19FN2O3/c1-12-4-2-5-14(8-12)25-11-13(23)10-21-19(24)18-9-15-16(20)6-3-7-17(15)22-18/h2-9,13,22-23H,10-11H2,1H3,(H,21,24). The van der Waals surface area contributed by atoms with Gasteiger partial charge in [0, 0.05) is 17.4 Å². The average molecular weight is 342 g/mol. The number of ether oxygens (including phenoxy) is 1. The first-order chi connectivity index (χ1) is 12.0. The third-order valence-corrected chi connectivity index (χ3v) is 3.79. The maximum absolute atomic E-state index is 13.7. The van der Waals surface area contributed by atoms with Crippen molar-refractivity contribution in [2.45, 2.75) is 13.0 Å². The number of hydrogen-bond acceptors (Lipinski definition) is 3. The molecule has 1 amide bonds. The van der Waals surface area contributed by atoms with Crippen LogP contribution in [0.1, 0.15) is 16.1 Å². The molecule has 3 N–H and O–H groups in total. The Morgan fingerprint density at radius 1 is 1.28 bits per heavy atom. The van der Waals surface area contributed by atoms with Gasteiger partial charge in [0.15, 0.2) is 0 Å². The number of carbonyl (C=O) groups is 1. The third kappa shape index (κ3) is 4.16. The Morgan fingerprint density at radius 3 is 2.84 bits per heavy atom. The summed E-state index contributed by atoms with van der Waals surface area (Å²) in [5, 5.41) is 12.9. The van der Waals surface area contributed by atoms with E-state index < -0.39 is 12.0 Å². The zero-order valence-electron chi connectivity index (χ0n) is 13.8. The van der Waals surface area contributed by atoms with Gasteiger partial charge in [0.2, 0.25) is 0 Å². The zero-order valence-corrected chi connectivity index (χ0v) is 13.8. The van der Waals surface area contributed by atoms with E-state index in [-0.39, 0.29) is 24.7 Å². The van der Waals surface area contributed by atoms with Gasteiger partial charge in [-0.1, -0.05) is 18.2 Å². The molecule has 3 aromatic rings. The van der Waals surface area contributed by atoms with Crippen LogP contribution in [-0.4, -0.2) is 35.3 Å². The highest BCUT2D eigenvalue weighted by Gasteiger charge is 2.13. The summed E-state index contributed by atoms with van der Waals surface area (Å²) in [5.74, 6) is -0.138. The molecule has 3 rings (SSSR count). The van der Waals surface area contributed by atoms with Crippen molar-refractivity contribution in [3.05, 3.63) is 65.6 Å². The molecule has 1 atom stereocenters. The number of aliphatic hydroxyl groups is 1. The minimum atomic E-state index is -0.856. The van der Waals surface area contributed by atoms with E-state index in [0.29, 0.717) is 16.7 Å². The van der Waals surface area contributed by atoms with Crippen LogP contribution in [0.5, 0.6) is 5.75 Å². The van der Waals surface area contributed by atoms with Crippen molar-refractivity contribution >= 4 is 16.8 Å². The number of fused-ring (bicyclic) bond motifs is 1. The molecule has 5 nitrogen and oxygen atoms in total. The molecule has 6 heteroatoms. The number of hydrogen-bond donors (Lipinski definition) is 3. The minimum absolute atomic E-state index is 0.0303. The Kier molecular flexibility index (Phi) is 5.00. The second kappa shape index (κ2) is 7.36. The SMILES string of the molecule is Cc1cccc(OCC(O)CNC(=O)c2cc3c(F)cccc3[nH]2)c1. The number of aryl methyl sites for hydroxylation is 1. The van der Waals surface area contributed by atoms with Crippen LogP contribution in [-0.2, 0) is 0 Å². The summed E-state index contributed by atoms with van der Waals surface area (Å²) in [7, 11) is 0. The fourth-order valence-corrected chi connectivity index (χ4v) is 2.50. The summed E-state index contributed by atoms with van der Waals surface area (Å²) in [6.45, 7) is 2.04. The second-order valence-corrected chi connectivity index (χ2v) is 5.88. The molecule has 0 saturated carbocycles. The van der Waals surface area contributed by atoms with Crippen molar-refractivity contribution in [2.75, 3.05) is 13.2 Å². The normalized spacial score (nSPS) is 12.1. The smallest absolute Gasteiger partial charge is 0.267 e. The van der Waals surface area contributed by atoms with Gasteiger partial charge in [-0.05, 0) is 42.8 Å². The summed E-state index contributed by atoms with van der Waals surface area (Å²) in [4.78, 5) is 15.0.